The number of hydrogen-bond donors (Lipinski definition) is 0. The van der Waals surface area contributed by atoms with Gasteiger partial charge in [0.25, 0.3) is 0 Å². The highest BCUT2D eigenvalue weighted by molar-refractivity contribution is 5.93. The van der Waals surface area contributed by atoms with Gasteiger partial charge in [-0.3, -0.25) is 4.79 Å². The molecular weight excluding hydrogens is 162 g/mol. The van der Waals surface area contributed by atoms with Gasteiger partial charge in [0, 0.05) is 18.7 Å². The zero-order valence-corrected chi connectivity index (χ0v) is 8.68. The van der Waals surface area contributed by atoms with Crippen LogP contribution in [-0.2, 0) is 4.79 Å². The van der Waals surface area contributed by atoms with Crippen LogP contribution in [-0.4, -0.2) is 23.9 Å². The van der Waals surface area contributed by atoms with Gasteiger partial charge in [-0.1, -0.05) is 13.0 Å². The molecule has 0 saturated carbocycles. The van der Waals surface area contributed by atoms with Crippen molar-refractivity contribution in [3.05, 3.63) is 11.6 Å². The third-order valence-corrected chi connectivity index (χ3v) is 2.65. The monoisotopic (exact) mass is 181 g/mol. The Hall–Kier alpha value is -0.790. The van der Waals surface area contributed by atoms with Crippen LogP contribution in [0.15, 0.2) is 11.6 Å². The van der Waals surface area contributed by atoms with Gasteiger partial charge in [0.1, 0.15) is 0 Å². The first-order valence-corrected chi connectivity index (χ1v) is 5.24. The molecule has 13 heavy (non-hydrogen) atoms. The van der Waals surface area contributed by atoms with Crippen molar-refractivity contribution >= 4 is 5.91 Å². The lowest BCUT2D eigenvalue weighted by molar-refractivity contribution is -0.128. The number of hydrogen-bond acceptors (Lipinski definition) is 1. The smallest absolute Gasteiger partial charge is 0.249 e. The van der Waals surface area contributed by atoms with E-state index in [9.17, 15) is 4.79 Å². The molecule has 1 saturated heterocycles. The predicted octanol–water partition coefficient (Wildman–Crippen LogP) is 2.36. The Balaban J connectivity index is 2.54. The molecule has 1 heterocycles. The maximum atomic E-state index is 11.8. The number of allylic oxidation sites excluding steroid dienone is 1. The fourth-order valence-electron chi connectivity index (χ4n) is 1.78. The number of piperidine rings is 1. The van der Waals surface area contributed by atoms with Crippen molar-refractivity contribution in [2.45, 2.75) is 39.5 Å². The summed E-state index contributed by atoms with van der Waals surface area (Å²) in [4.78, 5) is 13.8. The van der Waals surface area contributed by atoms with Crippen molar-refractivity contribution in [3.63, 3.8) is 0 Å². The average Bonchev–Trinajstić information content (AvgIpc) is 2.21. The summed E-state index contributed by atoms with van der Waals surface area (Å²) in [6, 6.07) is 0. The molecule has 74 valence electrons. The van der Waals surface area contributed by atoms with Gasteiger partial charge in [-0.15, -0.1) is 0 Å². The van der Waals surface area contributed by atoms with Gasteiger partial charge >= 0.3 is 0 Å². The Morgan fingerprint density at radius 3 is 2.38 bits per heavy atom. The fraction of sp³-hybridized carbons (Fsp3) is 0.727. The van der Waals surface area contributed by atoms with Crippen molar-refractivity contribution in [2.24, 2.45) is 0 Å². The Labute approximate surface area is 80.6 Å². The summed E-state index contributed by atoms with van der Waals surface area (Å²) in [5.74, 6) is 0.254. The molecule has 0 aromatic heterocycles. The lowest BCUT2D eigenvalue weighted by atomic mass is 10.1. The SMILES string of the molecule is C/C=C(\CC)C(=O)N1CCCCC1. The predicted molar refractivity (Wildman–Crippen MR) is 54.5 cm³/mol. The molecule has 2 nitrogen and oxygen atoms in total. The van der Waals surface area contributed by atoms with E-state index in [0.29, 0.717) is 0 Å². The van der Waals surface area contributed by atoms with Crippen LogP contribution in [0.2, 0.25) is 0 Å². The molecule has 1 aliphatic rings. The standard InChI is InChI=1S/C11H19NO/c1-3-10(4-2)11(13)12-8-6-5-7-9-12/h3H,4-9H2,1-2H3/b10-3+. The molecule has 0 radical (unpaired) electrons. The highest BCUT2D eigenvalue weighted by Crippen LogP contribution is 2.13. The van der Waals surface area contributed by atoms with Crippen molar-refractivity contribution < 1.29 is 4.79 Å². The van der Waals surface area contributed by atoms with E-state index in [1.807, 2.05) is 24.8 Å². The molecular formula is C11H19NO. The van der Waals surface area contributed by atoms with Gasteiger partial charge in [0.2, 0.25) is 5.91 Å². The van der Waals surface area contributed by atoms with Crippen LogP contribution < -0.4 is 0 Å². The molecule has 0 aliphatic carbocycles. The van der Waals surface area contributed by atoms with Crippen LogP contribution >= 0.6 is 0 Å². The number of carbonyl (C=O) groups excluding carboxylic acids is 1. The normalized spacial score (nSPS) is 18.9. The summed E-state index contributed by atoms with van der Waals surface area (Å²) in [6.07, 6.45) is 6.42. The van der Waals surface area contributed by atoms with Crippen LogP contribution in [0.1, 0.15) is 39.5 Å². The molecule has 0 unspecified atom stereocenters. The summed E-state index contributed by atoms with van der Waals surface area (Å²) in [6.45, 7) is 5.89. The minimum atomic E-state index is 0.254. The van der Waals surface area contributed by atoms with Crippen molar-refractivity contribution in [3.8, 4) is 0 Å². The zero-order valence-electron chi connectivity index (χ0n) is 8.68. The summed E-state index contributed by atoms with van der Waals surface area (Å²) in [5, 5.41) is 0. The van der Waals surface area contributed by atoms with Crippen molar-refractivity contribution in [1.29, 1.82) is 0 Å². The number of amides is 1. The van der Waals surface area contributed by atoms with E-state index in [1.165, 1.54) is 19.3 Å². The van der Waals surface area contributed by atoms with E-state index in [1.54, 1.807) is 0 Å². The second-order valence-corrected chi connectivity index (χ2v) is 3.52. The van der Waals surface area contributed by atoms with Crippen LogP contribution in [0.25, 0.3) is 0 Å². The molecule has 0 atom stereocenters. The highest BCUT2D eigenvalue weighted by atomic mass is 16.2. The minimum Gasteiger partial charge on any atom is -0.339 e. The highest BCUT2D eigenvalue weighted by Gasteiger charge is 2.18. The lowest BCUT2D eigenvalue weighted by Crippen LogP contribution is -2.36. The van der Waals surface area contributed by atoms with Gasteiger partial charge in [0.05, 0.1) is 0 Å². The summed E-state index contributed by atoms with van der Waals surface area (Å²) >= 11 is 0. The number of nitrogens with zero attached hydrogens (tertiary/aromatic N) is 1. The quantitative estimate of drug-likeness (QED) is 0.599. The maximum Gasteiger partial charge on any atom is 0.249 e. The molecule has 1 amide bonds. The Morgan fingerprint density at radius 1 is 1.31 bits per heavy atom. The summed E-state index contributed by atoms with van der Waals surface area (Å²) in [7, 11) is 0. The van der Waals surface area contributed by atoms with Crippen LogP contribution in [0.4, 0.5) is 0 Å². The second kappa shape index (κ2) is 5.05. The van der Waals surface area contributed by atoms with Gasteiger partial charge < -0.3 is 4.90 Å². The van der Waals surface area contributed by atoms with Gasteiger partial charge in [-0.25, -0.2) is 0 Å². The largest absolute Gasteiger partial charge is 0.339 e. The molecule has 2 heteroatoms. The fourth-order valence-corrected chi connectivity index (χ4v) is 1.78. The first-order chi connectivity index (χ1) is 6.29. The third kappa shape index (κ3) is 2.58. The Kier molecular flexibility index (Phi) is 4.00. The number of likely N-dealkylation sites (tertiary alicyclic amines) is 1. The molecule has 0 N–H and O–H groups in total. The Bertz CT molecular complexity index is 202. The van der Waals surface area contributed by atoms with Gasteiger partial charge in [-0.05, 0) is 32.6 Å². The first kappa shape index (κ1) is 10.3. The molecule has 0 bridgehead atoms. The van der Waals surface area contributed by atoms with E-state index in [2.05, 4.69) is 0 Å². The molecule has 0 spiro atoms. The average molecular weight is 181 g/mol. The molecule has 1 rings (SSSR count). The first-order valence-electron chi connectivity index (χ1n) is 5.24. The van der Waals surface area contributed by atoms with Crippen molar-refractivity contribution in [2.75, 3.05) is 13.1 Å². The van der Waals surface area contributed by atoms with Gasteiger partial charge in [-0.2, -0.15) is 0 Å². The second-order valence-electron chi connectivity index (χ2n) is 3.52. The maximum absolute atomic E-state index is 11.8. The van der Waals surface area contributed by atoms with Crippen LogP contribution in [0.5, 0.6) is 0 Å². The number of rotatable bonds is 2. The van der Waals surface area contributed by atoms with Gasteiger partial charge in [0.15, 0.2) is 0 Å². The molecule has 0 aromatic rings. The molecule has 1 aliphatic heterocycles. The number of carbonyl (C=O) groups is 1. The molecule has 0 aromatic carbocycles. The molecule has 1 fully saturated rings. The van der Waals surface area contributed by atoms with E-state index in [4.69, 9.17) is 0 Å². The summed E-state index contributed by atoms with van der Waals surface area (Å²) in [5.41, 5.74) is 0.960. The third-order valence-electron chi connectivity index (χ3n) is 2.65. The van der Waals surface area contributed by atoms with E-state index >= 15 is 0 Å². The minimum absolute atomic E-state index is 0.254. The summed E-state index contributed by atoms with van der Waals surface area (Å²) < 4.78 is 0. The van der Waals surface area contributed by atoms with E-state index < -0.39 is 0 Å². The topological polar surface area (TPSA) is 20.3 Å². The zero-order chi connectivity index (χ0) is 9.68. The lowest BCUT2D eigenvalue weighted by Gasteiger charge is -2.27. The Morgan fingerprint density at radius 2 is 1.92 bits per heavy atom. The van der Waals surface area contributed by atoms with Crippen molar-refractivity contribution in [1.82, 2.24) is 4.90 Å². The van der Waals surface area contributed by atoms with Crippen LogP contribution in [0.3, 0.4) is 0 Å². The van der Waals surface area contributed by atoms with E-state index in [-0.39, 0.29) is 5.91 Å². The van der Waals surface area contributed by atoms with E-state index in [0.717, 1.165) is 25.1 Å². The van der Waals surface area contributed by atoms with Crippen LogP contribution in [0, 0.1) is 0 Å².